The molecular weight excluding hydrogens is 271 g/mol. The van der Waals surface area contributed by atoms with E-state index < -0.39 is 28.9 Å². The second-order valence-corrected chi connectivity index (χ2v) is 4.60. The lowest BCUT2D eigenvalue weighted by molar-refractivity contribution is -0.137. The van der Waals surface area contributed by atoms with E-state index in [1.54, 1.807) is 13.0 Å². The predicted molar refractivity (Wildman–Crippen MR) is 67.7 cm³/mol. The van der Waals surface area contributed by atoms with Gasteiger partial charge in [-0.15, -0.1) is 0 Å². The van der Waals surface area contributed by atoms with Crippen LogP contribution in [0.5, 0.6) is 0 Å². The van der Waals surface area contributed by atoms with Gasteiger partial charge in [-0.1, -0.05) is 6.92 Å². The maximum Gasteiger partial charge on any atom is 0.418 e. The van der Waals surface area contributed by atoms with Crippen molar-refractivity contribution in [2.75, 3.05) is 5.32 Å². The number of nitrogens with two attached hydrogens (primary N) is 1. The number of hydrogen-bond donors (Lipinski definition) is 2. The van der Waals surface area contributed by atoms with Gasteiger partial charge in [0.05, 0.1) is 28.4 Å². The topological polar surface area (TPSA) is 78.9 Å². The molecule has 0 bridgehead atoms. The normalized spacial score (nSPS) is 14.2. The minimum Gasteiger partial charge on any atom is -0.324 e. The molecule has 0 fully saturated rings. The van der Waals surface area contributed by atoms with Crippen molar-refractivity contribution >= 4 is 11.6 Å². The molecule has 7 heteroatoms. The number of rotatable bonds is 3. The summed E-state index contributed by atoms with van der Waals surface area (Å²) < 4.78 is 38.7. The third-order valence-electron chi connectivity index (χ3n) is 2.96. The maximum atomic E-state index is 12.9. The molecule has 0 aromatic heterocycles. The van der Waals surface area contributed by atoms with E-state index in [1.807, 2.05) is 0 Å². The highest BCUT2D eigenvalue weighted by Crippen LogP contribution is 2.35. The molecule has 0 saturated heterocycles. The molecule has 0 aliphatic rings. The number of amides is 1. The highest BCUT2D eigenvalue weighted by Gasteiger charge is 2.35. The summed E-state index contributed by atoms with van der Waals surface area (Å²) in [4.78, 5) is 11.8. The molecule has 0 saturated carbocycles. The Labute approximate surface area is 114 Å². The average Bonchev–Trinajstić information content (AvgIpc) is 2.37. The van der Waals surface area contributed by atoms with Crippen molar-refractivity contribution in [1.29, 1.82) is 5.26 Å². The molecular formula is C13H14F3N3O. The first-order valence-corrected chi connectivity index (χ1v) is 5.83. The lowest BCUT2D eigenvalue weighted by atomic mass is 9.99. The summed E-state index contributed by atoms with van der Waals surface area (Å²) in [6.07, 6.45) is -4.40. The van der Waals surface area contributed by atoms with Crippen LogP contribution in [0.3, 0.4) is 0 Å². The van der Waals surface area contributed by atoms with Crippen LogP contribution in [0.2, 0.25) is 0 Å². The van der Waals surface area contributed by atoms with E-state index >= 15 is 0 Å². The smallest absolute Gasteiger partial charge is 0.324 e. The molecule has 1 aromatic carbocycles. The molecule has 1 aromatic rings. The Morgan fingerprint density at radius 1 is 1.45 bits per heavy atom. The van der Waals surface area contributed by atoms with Gasteiger partial charge in [-0.05, 0) is 31.5 Å². The molecule has 1 unspecified atom stereocenters. The van der Waals surface area contributed by atoms with Gasteiger partial charge in [-0.25, -0.2) is 0 Å². The average molecular weight is 285 g/mol. The van der Waals surface area contributed by atoms with Crippen molar-refractivity contribution in [3.05, 3.63) is 29.3 Å². The van der Waals surface area contributed by atoms with E-state index in [4.69, 9.17) is 11.0 Å². The van der Waals surface area contributed by atoms with Crippen LogP contribution in [0.15, 0.2) is 18.2 Å². The fourth-order valence-electron chi connectivity index (χ4n) is 1.38. The summed E-state index contributed by atoms with van der Waals surface area (Å²) in [5.41, 5.74) is 2.79. The van der Waals surface area contributed by atoms with E-state index in [9.17, 15) is 18.0 Å². The second kappa shape index (κ2) is 5.51. The van der Waals surface area contributed by atoms with Gasteiger partial charge in [0.25, 0.3) is 0 Å². The van der Waals surface area contributed by atoms with Crippen LogP contribution >= 0.6 is 0 Å². The lowest BCUT2D eigenvalue weighted by Crippen LogP contribution is -2.48. The van der Waals surface area contributed by atoms with Crippen LogP contribution in [-0.4, -0.2) is 11.4 Å². The van der Waals surface area contributed by atoms with Crippen molar-refractivity contribution in [1.82, 2.24) is 0 Å². The van der Waals surface area contributed by atoms with E-state index in [0.29, 0.717) is 6.07 Å². The van der Waals surface area contributed by atoms with Gasteiger partial charge >= 0.3 is 6.18 Å². The molecule has 0 aliphatic heterocycles. The molecule has 0 spiro atoms. The minimum atomic E-state index is -4.67. The molecule has 0 radical (unpaired) electrons. The standard InChI is InChI=1S/C13H14F3N3O/c1-3-12(2,18)11(20)19-10-5-4-8(7-17)6-9(10)13(14,15)16/h4-6H,3,18H2,1-2H3,(H,19,20). The van der Waals surface area contributed by atoms with Crippen molar-refractivity contribution in [2.24, 2.45) is 5.73 Å². The van der Waals surface area contributed by atoms with Gasteiger partial charge in [0.1, 0.15) is 0 Å². The van der Waals surface area contributed by atoms with Crippen LogP contribution in [0, 0.1) is 11.3 Å². The Morgan fingerprint density at radius 2 is 2.05 bits per heavy atom. The van der Waals surface area contributed by atoms with Crippen LogP contribution < -0.4 is 11.1 Å². The van der Waals surface area contributed by atoms with Crippen molar-refractivity contribution in [3.63, 3.8) is 0 Å². The van der Waals surface area contributed by atoms with E-state index in [0.717, 1.165) is 6.07 Å². The summed E-state index contributed by atoms with van der Waals surface area (Å²) in [7, 11) is 0. The fraction of sp³-hybridized carbons (Fsp3) is 0.385. The Bertz CT molecular complexity index is 559. The summed E-state index contributed by atoms with van der Waals surface area (Å²) in [5, 5.41) is 10.8. The molecule has 1 rings (SSSR count). The van der Waals surface area contributed by atoms with Crippen molar-refractivity contribution in [3.8, 4) is 6.07 Å². The van der Waals surface area contributed by atoms with Gasteiger partial charge in [0.15, 0.2) is 0 Å². The van der Waals surface area contributed by atoms with E-state index in [1.165, 1.54) is 13.0 Å². The highest BCUT2D eigenvalue weighted by molar-refractivity contribution is 5.98. The minimum absolute atomic E-state index is 0.138. The predicted octanol–water partition coefficient (Wildman–Crippen LogP) is 2.64. The number of carbonyl (C=O) groups is 1. The molecule has 1 atom stereocenters. The van der Waals surface area contributed by atoms with Crippen LogP contribution in [0.4, 0.5) is 18.9 Å². The summed E-state index contributed by atoms with van der Waals surface area (Å²) in [6, 6.07) is 4.56. The zero-order valence-electron chi connectivity index (χ0n) is 11.0. The van der Waals surface area contributed by atoms with Crippen LogP contribution in [0.1, 0.15) is 31.4 Å². The zero-order valence-corrected chi connectivity index (χ0v) is 11.0. The summed E-state index contributed by atoms with van der Waals surface area (Å²) in [6.45, 7) is 3.09. The van der Waals surface area contributed by atoms with Gasteiger partial charge in [-0.3, -0.25) is 4.79 Å². The maximum absolute atomic E-state index is 12.9. The number of hydrogen-bond acceptors (Lipinski definition) is 3. The number of carbonyl (C=O) groups excluding carboxylic acids is 1. The first kappa shape index (κ1) is 16.0. The second-order valence-electron chi connectivity index (χ2n) is 4.60. The van der Waals surface area contributed by atoms with Crippen LogP contribution in [-0.2, 0) is 11.0 Å². The number of nitrogens with zero attached hydrogens (tertiary/aromatic N) is 1. The molecule has 3 N–H and O–H groups in total. The number of anilines is 1. The van der Waals surface area contributed by atoms with E-state index in [2.05, 4.69) is 5.32 Å². The lowest BCUT2D eigenvalue weighted by Gasteiger charge is -2.23. The molecule has 4 nitrogen and oxygen atoms in total. The SMILES string of the molecule is CCC(C)(N)C(=O)Nc1ccc(C#N)cc1C(F)(F)F. The highest BCUT2D eigenvalue weighted by atomic mass is 19.4. The van der Waals surface area contributed by atoms with Gasteiger partial charge in [0.2, 0.25) is 5.91 Å². The number of halogens is 3. The van der Waals surface area contributed by atoms with Gasteiger partial charge < -0.3 is 11.1 Å². The van der Waals surface area contributed by atoms with Gasteiger partial charge in [0, 0.05) is 0 Å². The molecule has 0 aliphatic carbocycles. The quantitative estimate of drug-likeness (QED) is 0.896. The summed E-state index contributed by atoms with van der Waals surface area (Å²) in [5.74, 6) is -0.713. The monoisotopic (exact) mass is 285 g/mol. The molecule has 0 heterocycles. The number of nitriles is 1. The third kappa shape index (κ3) is 3.48. The Morgan fingerprint density at radius 3 is 2.50 bits per heavy atom. The van der Waals surface area contributed by atoms with Crippen LogP contribution in [0.25, 0.3) is 0 Å². The fourth-order valence-corrected chi connectivity index (χ4v) is 1.38. The Kier molecular flexibility index (Phi) is 4.40. The van der Waals surface area contributed by atoms with Crippen molar-refractivity contribution in [2.45, 2.75) is 32.0 Å². The Balaban J connectivity index is 3.20. The van der Waals surface area contributed by atoms with E-state index in [-0.39, 0.29) is 12.0 Å². The van der Waals surface area contributed by atoms with Crippen molar-refractivity contribution < 1.29 is 18.0 Å². The largest absolute Gasteiger partial charge is 0.418 e. The number of nitrogens with one attached hydrogen (secondary N) is 1. The first-order valence-electron chi connectivity index (χ1n) is 5.83. The Hall–Kier alpha value is -2.07. The third-order valence-corrected chi connectivity index (χ3v) is 2.96. The zero-order chi connectivity index (χ0) is 15.6. The van der Waals surface area contributed by atoms with Gasteiger partial charge in [-0.2, -0.15) is 18.4 Å². The molecule has 20 heavy (non-hydrogen) atoms. The first-order chi connectivity index (χ1) is 9.11. The number of benzene rings is 1. The number of alkyl halides is 3. The summed E-state index contributed by atoms with van der Waals surface area (Å²) >= 11 is 0. The molecule has 108 valence electrons. The molecule has 1 amide bonds.